The Labute approximate surface area is 182 Å². The summed E-state index contributed by atoms with van der Waals surface area (Å²) in [6.45, 7) is 11.0. The molecule has 0 atom stereocenters. The van der Waals surface area contributed by atoms with E-state index in [0.717, 1.165) is 24.9 Å². The van der Waals surface area contributed by atoms with Crippen LogP contribution in [0.15, 0.2) is 54.6 Å². The van der Waals surface area contributed by atoms with Crippen LogP contribution in [0, 0.1) is 5.92 Å². The molecule has 0 N–H and O–H groups in total. The molecule has 3 heteroatoms. The first-order valence-electron chi connectivity index (χ1n) is 12.1. The van der Waals surface area contributed by atoms with Crippen molar-refractivity contribution in [2.45, 2.75) is 44.7 Å². The topological polar surface area (TPSA) is 9.72 Å². The molecule has 2 saturated heterocycles. The van der Waals surface area contributed by atoms with Gasteiger partial charge in [-0.1, -0.05) is 54.6 Å². The van der Waals surface area contributed by atoms with Gasteiger partial charge in [-0.3, -0.25) is 9.80 Å². The van der Waals surface area contributed by atoms with Gasteiger partial charge in [0.15, 0.2) is 0 Å². The minimum absolute atomic E-state index is 0.801. The summed E-state index contributed by atoms with van der Waals surface area (Å²) in [6.07, 6.45) is 5.53. The fourth-order valence-electron chi connectivity index (χ4n) is 5.59. The van der Waals surface area contributed by atoms with Crippen molar-refractivity contribution in [1.29, 1.82) is 0 Å². The summed E-state index contributed by atoms with van der Waals surface area (Å²) in [5.41, 5.74) is 4.51. The minimum atomic E-state index is 0.801. The summed E-state index contributed by atoms with van der Waals surface area (Å²) in [5, 5.41) is 0. The maximum Gasteiger partial charge on any atom is 0.0234 e. The Morgan fingerprint density at radius 2 is 1.17 bits per heavy atom. The Kier molecular flexibility index (Phi) is 6.50. The second-order valence-electron chi connectivity index (χ2n) is 9.82. The number of piperazine rings is 1. The standard InChI is InChI=1S/C27H37N3/c1-2-6-23(7-3-1)20-29-14-16-30(17-15-29)22-25-18-27(19-25)26-10-8-24(9-11-26)21-28-12-4-5-13-28/h1-3,6-11,25,27H,4-5,12-22H2/t25-,27-. The zero-order chi connectivity index (χ0) is 20.2. The van der Waals surface area contributed by atoms with Gasteiger partial charge in [-0.2, -0.15) is 0 Å². The van der Waals surface area contributed by atoms with Crippen molar-refractivity contribution in [2.75, 3.05) is 45.8 Å². The molecule has 3 fully saturated rings. The molecule has 30 heavy (non-hydrogen) atoms. The van der Waals surface area contributed by atoms with Crippen LogP contribution < -0.4 is 0 Å². The lowest BCUT2D eigenvalue weighted by Crippen LogP contribution is -2.48. The second-order valence-corrected chi connectivity index (χ2v) is 9.82. The van der Waals surface area contributed by atoms with Crippen LogP contribution in [0.25, 0.3) is 0 Å². The maximum absolute atomic E-state index is 2.71. The van der Waals surface area contributed by atoms with Crippen molar-refractivity contribution >= 4 is 0 Å². The molecule has 2 aromatic rings. The van der Waals surface area contributed by atoms with Crippen LogP contribution in [0.3, 0.4) is 0 Å². The van der Waals surface area contributed by atoms with Crippen LogP contribution >= 0.6 is 0 Å². The van der Waals surface area contributed by atoms with E-state index in [-0.39, 0.29) is 0 Å². The first-order valence-corrected chi connectivity index (χ1v) is 12.1. The number of hydrogen-bond acceptors (Lipinski definition) is 3. The van der Waals surface area contributed by atoms with Gasteiger partial charge in [0.2, 0.25) is 0 Å². The van der Waals surface area contributed by atoms with Gasteiger partial charge >= 0.3 is 0 Å². The Hall–Kier alpha value is -1.68. The lowest BCUT2D eigenvalue weighted by atomic mass is 9.71. The van der Waals surface area contributed by atoms with Gasteiger partial charge < -0.3 is 4.90 Å². The van der Waals surface area contributed by atoms with Gasteiger partial charge in [0.05, 0.1) is 0 Å². The number of rotatable bonds is 7. The monoisotopic (exact) mass is 403 g/mol. The zero-order valence-corrected chi connectivity index (χ0v) is 18.4. The zero-order valence-electron chi connectivity index (χ0n) is 18.4. The number of nitrogens with zero attached hydrogens (tertiary/aromatic N) is 3. The van der Waals surface area contributed by atoms with E-state index in [4.69, 9.17) is 0 Å². The van der Waals surface area contributed by atoms with Crippen molar-refractivity contribution in [2.24, 2.45) is 5.92 Å². The molecule has 0 bridgehead atoms. The van der Waals surface area contributed by atoms with Gasteiger partial charge in [0, 0.05) is 45.8 Å². The van der Waals surface area contributed by atoms with E-state index >= 15 is 0 Å². The van der Waals surface area contributed by atoms with Crippen LogP contribution in [0.5, 0.6) is 0 Å². The molecule has 1 aliphatic carbocycles. The van der Waals surface area contributed by atoms with E-state index < -0.39 is 0 Å². The summed E-state index contributed by atoms with van der Waals surface area (Å²) in [5.74, 6) is 1.70. The molecule has 160 valence electrons. The van der Waals surface area contributed by atoms with Crippen molar-refractivity contribution in [1.82, 2.24) is 14.7 Å². The predicted octanol–water partition coefficient (Wildman–Crippen LogP) is 4.59. The first kappa shape index (κ1) is 20.2. The summed E-state index contributed by atoms with van der Waals surface area (Å²) in [4.78, 5) is 7.91. The molecule has 0 radical (unpaired) electrons. The second kappa shape index (κ2) is 9.64. The van der Waals surface area contributed by atoms with E-state index in [1.807, 2.05) is 0 Å². The van der Waals surface area contributed by atoms with E-state index in [1.54, 1.807) is 5.56 Å². The molecule has 2 aromatic carbocycles. The average molecular weight is 404 g/mol. The highest BCUT2D eigenvalue weighted by Crippen LogP contribution is 2.42. The summed E-state index contributed by atoms with van der Waals surface area (Å²) < 4.78 is 0. The predicted molar refractivity (Wildman–Crippen MR) is 125 cm³/mol. The van der Waals surface area contributed by atoms with Crippen molar-refractivity contribution in [3.05, 3.63) is 71.3 Å². The fourth-order valence-corrected chi connectivity index (χ4v) is 5.59. The van der Waals surface area contributed by atoms with Gasteiger partial charge in [-0.25, -0.2) is 0 Å². The van der Waals surface area contributed by atoms with Crippen LogP contribution in [-0.2, 0) is 13.1 Å². The Morgan fingerprint density at radius 3 is 1.83 bits per heavy atom. The quantitative estimate of drug-likeness (QED) is 0.669. The van der Waals surface area contributed by atoms with E-state index in [1.165, 1.54) is 82.6 Å². The third-order valence-electron chi connectivity index (χ3n) is 7.52. The summed E-state index contributed by atoms with van der Waals surface area (Å²) in [7, 11) is 0. The molecule has 1 saturated carbocycles. The molecule has 3 nitrogen and oxygen atoms in total. The van der Waals surface area contributed by atoms with Gasteiger partial charge in [-0.05, 0) is 67.3 Å². The summed E-state index contributed by atoms with van der Waals surface area (Å²) >= 11 is 0. The maximum atomic E-state index is 2.71. The van der Waals surface area contributed by atoms with Crippen molar-refractivity contribution < 1.29 is 0 Å². The van der Waals surface area contributed by atoms with Gasteiger partial charge in [0.25, 0.3) is 0 Å². The third-order valence-corrected chi connectivity index (χ3v) is 7.52. The smallest absolute Gasteiger partial charge is 0.0234 e. The molecule has 0 unspecified atom stereocenters. The number of benzene rings is 2. The molecule has 0 aromatic heterocycles. The first-order chi connectivity index (χ1) is 14.8. The Balaban J connectivity index is 1.02. The highest BCUT2D eigenvalue weighted by atomic mass is 15.3. The average Bonchev–Trinajstić information content (AvgIpc) is 3.26. The van der Waals surface area contributed by atoms with Crippen LogP contribution in [0.4, 0.5) is 0 Å². The van der Waals surface area contributed by atoms with Crippen LogP contribution in [0.2, 0.25) is 0 Å². The molecule has 0 spiro atoms. The van der Waals surface area contributed by atoms with Gasteiger partial charge in [-0.15, -0.1) is 0 Å². The Bertz CT molecular complexity index is 768. The van der Waals surface area contributed by atoms with E-state index in [2.05, 4.69) is 69.3 Å². The lowest BCUT2D eigenvalue weighted by molar-refractivity contribution is 0.0902. The van der Waals surface area contributed by atoms with Crippen LogP contribution in [-0.4, -0.2) is 60.5 Å². The van der Waals surface area contributed by atoms with Gasteiger partial charge in [0.1, 0.15) is 0 Å². The SMILES string of the molecule is c1ccc(CN2CCN(C[C@H]3C[C@H](c4ccc(CN5CCCC5)cc4)C3)CC2)cc1. The van der Waals surface area contributed by atoms with Crippen LogP contribution in [0.1, 0.15) is 48.3 Å². The normalized spacial score (nSPS) is 26.0. The third kappa shape index (κ3) is 5.14. The molecular formula is C27H37N3. The van der Waals surface area contributed by atoms with Crippen molar-refractivity contribution in [3.63, 3.8) is 0 Å². The molecule has 5 rings (SSSR count). The Morgan fingerprint density at radius 1 is 0.600 bits per heavy atom. The molecule has 2 heterocycles. The number of likely N-dealkylation sites (tertiary alicyclic amines) is 1. The molecular weight excluding hydrogens is 366 g/mol. The lowest BCUT2D eigenvalue weighted by Gasteiger charge is -2.42. The molecule has 3 aliphatic rings. The number of hydrogen-bond donors (Lipinski definition) is 0. The van der Waals surface area contributed by atoms with E-state index in [0.29, 0.717) is 0 Å². The molecule has 0 amide bonds. The minimum Gasteiger partial charge on any atom is -0.301 e. The van der Waals surface area contributed by atoms with Crippen molar-refractivity contribution in [3.8, 4) is 0 Å². The molecule has 2 aliphatic heterocycles. The van der Waals surface area contributed by atoms with E-state index in [9.17, 15) is 0 Å². The highest BCUT2D eigenvalue weighted by Gasteiger charge is 2.32. The highest BCUT2D eigenvalue weighted by molar-refractivity contribution is 5.27. The fraction of sp³-hybridized carbons (Fsp3) is 0.556. The summed E-state index contributed by atoms with van der Waals surface area (Å²) in [6, 6.07) is 20.5. The largest absolute Gasteiger partial charge is 0.301 e.